The van der Waals surface area contributed by atoms with Crippen LogP contribution in [0, 0.1) is 0 Å². The molecule has 1 heterocycles. The van der Waals surface area contributed by atoms with Crippen LogP contribution < -0.4 is 5.32 Å². The predicted molar refractivity (Wildman–Crippen MR) is 85.7 cm³/mol. The average molecular weight is 289 g/mol. The van der Waals surface area contributed by atoms with Gasteiger partial charge in [-0.25, -0.2) is 4.98 Å². The molecule has 0 unspecified atom stereocenters. The topological polar surface area (TPSA) is 28.2 Å². The summed E-state index contributed by atoms with van der Waals surface area (Å²) in [6.45, 7) is 7.16. The van der Waals surface area contributed by atoms with E-state index in [0.29, 0.717) is 6.04 Å². The van der Waals surface area contributed by atoms with E-state index in [2.05, 4.69) is 65.7 Å². The van der Waals surface area contributed by atoms with Crippen molar-refractivity contribution in [1.82, 2.24) is 15.2 Å². The summed E-state index contributed by atoms with van der Waals surface area (Å²) >= 11 is 1.64. The molecule has 2 aromatic rings. The number of hydrogen-bond donors (Lipinski definition) is 1. The van der Waals surface area contributed by atoms with Crippen LogP contribution in [-0.4, -0.2) is 23.0 Å². The molecule has 1 aromatic heterocycles. The van der Waals surface area contributed by atoms with Gasteiger partial charge in [-0.05, 0) is 32.0 Å². The summed E-state index contributed by atoms with van der Waals surface area (Å²) in [5.74, 6) is 0. The Hall–Kier alpha value is -1.23. The molecule has 108 valence electrons. The lowest BCUT2D eigenvalue weighted by Gasteiger charge is -2.21. The highest BCUT2D eigenvalue weighted by molar-refractivity contribution is 7.07. The summed E-state index contributed by atoms with van der Waals surface area (Å²) in [6.07, 6.45) is 0. The second kappa shape index (κ2) is 7.53. The average Bonchev–Trinajstić information content (AvgIpc) is 2.92. The fourth-order valence-electron chi connectivity index (χ4n) is 1.97. The van der Waals surface area contributed by atoms with Gasteiger partial charge in [-0.2, -0.15) is 0 Å². The Labute approximate surface area is 125 Å². The van der Waals surface area contributed by atoms with E-state index in [0.717, 1.165) is 25.3 Å². The first-order valence-electron chi connectivity index (χ1n) is 7.01. The maximum atomic E-state index is 4.27. The highest BCUT2D eigenvalue weighted by Crippen LogP contribution is 2.09. The van der Waals surface area contributed by atoms with Crippen LogP contribution in [0.3, 0.4) is 0 Å². The number of nitrogens with zero attached hydrogens (tertiary/aromatic N) is 2. The minimum Gasteiger partial charge on any atom is -0.307 e. The van der Waals surface area contributed by atoms with Crippen LogP contribution in [0.1, 0.15) is 30.7 Å². The van der Waals surface area contributed by atoms with Gasteiger partial charge in [0.2, 0.25) is 0 Å². The highest BCUT2D eigenvalue weighted by atomic mass is 32.1. The first kappa shape index (κ1) is 15.2. The Morgan fingerprint density at radius 3 is 2.75 bits per heavy atom. The first-order valence-corrected chi connectivity index (χ1v) is 7.95. The quantitative estimate of drug-likeness (QED) is 0.848. The van der Waals surface area contributed by atoms with E-state index in [-0.39, 0.29) is 0 Å². The van der Waals surface area contributed by atoms with Gasteiger partial charge in [0.1, 0.15) is 0 Å². The van der Waals surface area contributed by atoms with Crippen LogP contribution >= 0.6 is 11.3 Å². The van der Waals surface area contributed by atoms with Crippen LogP contribution in [0.15, 0.2) is 35.2 Å². The van der Waals surface area contributed by atoms with Gasteiger partial charge in [0.05, 0.1) is 11.2 Å². The van der Waals surface area contributed by atoms with Crippen molar-refractivity contribution in [1.29, 1.82) is 0 Å². The van der Waals surface area contributed by atoms with Crippen LogP contribution in [0.2, 0.25) is 0 Å². The van der Waals surface area contributed by atoms with Crippen molar-refractivity contribution < 1.29 is 0 Å². The number of thiazole rings is 1. The summed E-state index contributed by atoms with van der Waals surface area (Å²) in [5, 5.41) is 5.52. The number of hydrogen-bond acceptors (Lipinski definition) is 4. The summed E-state index contributed by atoms with van der Waals surface area (Å²) in [7, 11) is 2.16. The molecule has 0 radical (unpaired) electrons. The highest BCUT2D eigenvalue weighted by Gasteiger charge is 2.04. The van der Waals surface area contributed by atoms with Crippen molar-refractivity contribution in [3.8, 4) is 0 Å². The zero-order valence-electron chi connectivity index (χ0n) is 12.5. The monoisotopic (exact) mass is 289 g/mol. The van der Waals surface area contributed by atoms with Gasteiger partial charge in [0, 0.05) is 31.1 Å². The summed E-state index contributed by atoms with van der Waals surface area (Å²) in [5.41, 5.74) is 5.69. The summed E-state index contributed by atoms with van der Waals surface area (Å²) < 4.78 is 0. The van der Waals surface area contributed by atoms with E-state index < -0.39 is 0 Å². The molecule has 0 saturated heterocycles. The third-order valence-corrected chi connectivity index (χ3v) is 4.06. The Bertz CT molecular complexity index is 508. The van der Waals surface area contributed by atoms with E-state index in [9.17, 15) is 0 Å². The number of rotatable bonds is 7. The third kappa shape index (κ3) is 4.71. The van der Waals surface area contributed by atoms with E-state index in [1.54, 1.807) is 11.3 Å². The predicted octanol–water partition coefficient (Wildman–Crippen LogP) is 3.27. The van der Waals surface area contributed by atoms with Crippen LogP contribution in [0.4, 0.5) is 0 Å². The third-order valence-electron chi connectivity index (χ3n) is 3.42. The van der Waals surface area contributed by atoms with Crippen molar-refractivity contribution in [2.24, 2.45) is 0 Å². The summed E-state index contributed by atoms with van der Waals surface area (Å²) in [6, 6.07) is 9.37. The Kier molecular flexibility index (Phi) is 5.71. The fourth-order valence-corrected chi connectivity index (χ4v) is 2.53. The van der Waals surface area contributed by atoms with E-state index in [4.69, 9.17) is 0 Å². The lowest BCUT2D eigenvalue weighted by atomic mass is 10.1. The molecule has 0 amide bonds. The number of benzene rings is 1. The maximum Gasteiger partial charge on any atom is 0.0795 e. The van der Waals surface area contributed by atoms with Crippen LogP contribution in [-0.2, 0) is 19.6 Å². The molecule has 2 rings (SSSR count). The molecule has 0 bridgehead atoms. The molecule has 3 nitrogen and oxygen atoms in total. The second-order valence-electron chi connectivity index (χ2n) is 5.41. The maximum absolute atomic E-state index is 4.27. The van der Waals surface area contributed by atoms with Crippen LogP contribution in [0.5, 0.6) is 0 Å². The Morgan fingerprint density at radius 1 is 1.25 bits per heavy atom. The lowest BCUT2D eigenvalue weighted by Crippen LogP contribution is -2.25. The number of aromatic nitrogens is 1. The molecule has 0 atom stereocenters. The van der Waals surface area contributed by atoms with Crippen LogP contribution in [0.25, 0.3) is 0 Å². The normalized spacial score (nSPS) is 11.4. The summed E-state index contributed by atoms with van der Waals surface area (Å²) in [4.78, 5) is 6.62. The van der Waals surface area contributed by atoms with Crippen molar-refractivity contribution in [3.05, 3.63) is 52.0 Å². The van der Waals surface area contributed by atoms with Gasteiger partial charge in [0.15, 0.2) is 0 Å². The molecule has 0 saturated carbocycles. The lowest BCUT2D eigenvalue weighted by molar-refractivity contribution is 0.266. The van der Waals surface area contributed by atoms with E-state index in [1.165, 1.54) is 11.1 Å². The Morgan fingerprint density at radius 2 is 2.05 bits per heavy atom. The second-order valence-corrected chi connectivity index (χ2v) is 6.13. The van der Waals surface area contributed by atoms with Gasteiger partial charge in [-0.3, -0.25) is 4.90 Å². The molecule has 4 heteroatoms. The Balaban J connectivity index is 1.86. The molecule has 20 heavy (non-hydrogen) atoms. The minimum absolute atomic E-state index is 0.571. The van der Waals surface area contributed by atoms with Crippen molar-refractivity contribution >= 4 is 11.3 Å². The molecule has 0 spiro atoms. The molecule has 0 aliphatic rings. The molecular formula is C16H23N3S. The minimum atomic E-state index is 0.571. The smallest absolute Gasteiger partial charge is 0.0795 e. The van der Waals surface area contributed by atoms with Gasteiger partial charge < -0.3 is 5.32 Å². The molecule has 1 N–H and O–H groups in total. The van der Waals surface area contributed by atoms with Gasteiger partial charge in [0.25, 0.3) is 0 Å². The van der Waals surface area contributed by atoms with Gasteiger partial charge in [-0.1, -0.05) is 24.3 Å². The van der Waals surface area contributed by atoms with E-state index >= 15 is 0 Å². The fraction of sp³-hybridized carbons (Fsp3) is 0.438. The van der Waals surface area contributed by atoms with Crippen molar-refractivity contribution in [2.45, 2.75) is 39.5 Å². The molecule has 1 aromatic carbocycles. The first-order chi connectivity index (χ1) is 9.65. The van der Waals surface area contributed by atoms with Crippen molar-refractivity contribution in [2.75, 3.05) is 7.05 Å². The SMILES string of the molecule is CC(C)N(C)Cc1cccc(CNCc2cscn2)c1. The molecule has 0 fully saturated rings. The largest absolute Gasteiger partial charge is 0.307 e. The van der Waals surface area contributed by atoms with Gasteiger partial charge in [-0.15, -0.1) is 11.3 Å². The number of nitrogens with one attached hydrogen (secondary N) is 1. The van der Waals surface area contributed by atoms with Crippen molar-refractivity contribution in [3.63, 3.8) is 0 Å². The molecule has 0 aliphatic heterocycles. The van der Waals surface area contributed by atoms with E-state index in [1.807, 2.05) is 5.51 Å². The van der Waals surface area contributed by atoms with Gasteiger partial charge >= 0.3 is 0 Å². The zero-order valence-corrected chi connectivity index (χ0v) is 13.3. The molecule has 0 aliphatic carbocycles. The molecular weight excluding hydrogens is 266 g/mol. The standard InChI is InChI=1S/C16H23N3S/c1-13(2)19(3)10-15-6-4-5-14(7-15)8-17-9-16-11-20-12-18-16/h4-7,11-13,17H,8-10H2,1-3H3. The zero-order chi connectivity index (χ0) is 14.4.